The molecule has 0 radical (unpaired) electrons. The summed E-state index contributed by atoms with van der Waals surface area (Å²) >= 11 is 0. The SMILES string of the molecule is C=CCN(Cn1nnc2ccccc21)C(=O)C1N([C@@H](CC)CO)C(=O)[C@@H]2[C@H](C(=O)OCC)[C@]3(C)CCC12O3. The minimum atomic E-state index is -1.20. The van der Waals surface area contributed by atoms with Gasteiger partial charge in [-0.1, -0.05) is 30.3 Å². The highest BCUT2D eigenvalue weighted by Gasteiger charge is 2.79. The molecule has 3 saturated heterocycles. The molecular weight excluding hydrogens is 490 g/mol. The Morgan fingerprint density at radius 1 is 1.34 bits per heavy atom. The van der Waals surface area contributed by atoms with Crippen molar-refractivity contribution in [3.8, 4) is 0 Å². The van der Waals surface area contributed by atoms with Gasteiger partial charge in [-0.05, 0) is 45.2 Å². The lowest BCUT2D eigenvalue weighted by Crippen LogP contribution is -2.59. The van der Waals surface area contributed by atoms with Crippen LogP contribution >= 0.6 is 0 Å². The Kier molecular flexibility index (Phi) is 6.77. The summed E-state index contributed by atoms with van der Waals surface area (Å²) in [4.78, 5) is 44.7. The molecule has 11 heteroatoms. The van der Waals surface area contributed by atoms with Crippen LogP contribution in [0.2, 0.25) is 0 Å². The van der Waals surface area contributed by atoms with E-state index in [0.717, 1.165) is 5.52 Å². The third-order valence-corrected chi connectivity index (χ3v) is 8.45. The van der Waals surface area contributed by atoms with Gasteiger partial charge in [-0.25, -0.2) is 4.68 Å². The maximum atomic E-state index is 14.5. The van der Waals surface area contributed by atoms with Crippen molar-refractivity contribution in [2.45, 2.75) is 70.0 Å². The van der Waals surface area contributed by atoms with E-state index in [2.05, 4.69) is 16.9 Å². The number of fused-ring (bicyclic) bond motifs is 2. The van der Waals surface area contributed by atoms with E-state index in [0.29, 0.717) is 24.8 Å². The van der Waals surface area contributed by atoms with E-state index in [1.165, 1.54) is 4.90 Å². The smallest absolute Gasteiger partial charge is 0.312 e. The van der Waals surface area contributed by atoms with Crippen LogP contribution < -0.4 is 0 Å². The summed E-state index contributed by atoms with van der Waals surface area (Å²) in [5.74, 6) is -2.88. The quantitative estimate of drug-likeness (QED) is 0.365. The van der Waals surface area contributed by atoms with Crippen LogP contribution in [0.5, 0.6) is 0 Å². The lowest BCUT2D eigenvalue weighted by molar-refractivity contribution is -0.162. The second-order valence-electron chi connectivity index (χ2n) is 10.5. The molecule has 204 valence electrons. The minimum Gasteiger partial charge on any atom is -0.466 e. The highest BCUT2D eigenvalue weighted by molar-refractivity contribution is 5.98. The average Bonchev–Trinajstić information content (AvgIpc) is 3.61. The highest BCUT2D eigenvalue weighted by atomic mass is 16.6. The Balaban J connectivity index is 1.57. The monoisotopic (exact) mass is 525 g/mol. The van der Waals surface area contributed by atoms with Crippen molar-refractivity contribution >= 4 is 28.8 Å². The van der Waals surface area contributed by atoms with Crippen molar-refractivity contribution in [2.24, 2.45) is 11.8 Å². The number of para-hydroxylation sites is 1. The van der Waals surface area contributed by atoms with Crippen LogP contribution in [0.3, 0.4) is 0 Å². The number of rotatable bonds is 10. The Labute approximate surface area is 221 Å². The van der Waals surface area contributed by atoms with Crippen molar-refractivity contribution < 1.29 is 29.0 Å². The molecule has 1 N–H and O–H groups in total. The minimum absolute atomic E-state index is 0.0825. The Hall–Kier alpha value is -3.31. The lowest BCUT2D eigenvalue weighted by Gasteiger charge is -2.39. The molecule has 1 aromatic carbocycles. The number of hydrogen-bond donors (Lipinski definition) is 1. The standard InChI is InChI=1S/C27H35N5O6/c1-5-14-30(16-31-19-11-9-8-10-18(19)28-29-31)24(35)22-27-13-12-26(4,38-27)21(25(36)37-7-3)20(27)23(34)32(22)17(6-2)15-33/h5,8-11,17,20-22,33H,1,6-7,12-16H2,2-4H3/t17-,20-,21+,22?,26-,27?/m0/s1. The molecule has 3 aliphatic heterocycles. The van der Waals surface area contributed by atoms with Crippen LogP contribution in [0.1, 0.15) is 40.0 Å². The first-order valence-electron chi connectivity index (χ1n) is 13.2. The molecule has 3 fully saturated rings. The van der Waals surface area contributed by atoms with Crippen molar-refractivity contribution in [2.75, 3.05) is 19.8 Å². The van der Waals surface area contributed by atoms with Crippen LogP contribution in [0.25, 0.3) is 11.0 Å². The molecule has 0 aliphatic carbocycles. The van der Waals surface area contributed by atoms with Crippen LogP contribution in [0.4, 0.5) is 0 Å². The third-order valence-electron chi connectivity index (χ3n) is 8.45. The molecule has 2 amide bonds. The van der Waals surface area contributed by atoms with E-state index in [1.54, 1.807) is 22.6 Å². The number of amides is 2. The number of hydrogen-bond acceptors (Lipinski definition) is 8. The van der Waals surface area contributed by atoms with Gasteiger partial charge >= 0.3 is 5.97 Å². The number of aliphatic hydroxyl groups is 1. The number of nitrogens with zero attached hydrogens (tertiary/aromatic N) is 5. The van der Waals surface area contributed by atoms with E-state index >= 15 is 0 Å². The number of carbonyl (C=O) groups is 3. The maximum absolute atomic E-state index is 14.5. The third kappa shape index (κ3) is 3.74. The number of likely N-dealkylation sites (tertiary alicyclic amines) is 1. The fourth-order valence-electron chi connectivity index (χ4n) is 6.77. The fourth-order valence-corrected chi connectivity index (χ4v) is 6.77. The van der Waals surface area contributed by atoms with Gasteiger partial charge in [0, 0.05) is 6.54 Å². The molecule has 5 rings (SSSR count). The predicted molar refractivity (Wildman–Crippen MR) is 136 cm³/mol. The Bertz CT molecular complexity index is 1260. The van der Waals surface area contributed by atoms with Crippen LogP contribution in [-0.2, 0) is 30.5 Å². The van der Waals surface area contributed by atoms with Crippen LogP contribution in [-0.4, -0.2) is 90.7 Å². The number of carbonyl (C=O) groups excluding carboxylic acids is 3. The zero-order valence-corrected chi connectivity index (χ0v) is 22.1. The van der Waals surface area contributed by atoms with Gasteiger partial charge in [0.1, 0.15) is 29.7 Å². The second kappa shape index (κ2) is 9.77. The first kappa shape index (κ1) is 26.3. The fraction of sp³-hybridized carbons (Fsp3) is 0.593. The predicted octanol–water partition coefficient (Wildman–Crippen LogP) is 1.50. The van der Waals surface area contributed by atoms with Crippen molar-refractivity contribution in [3.05, 3.63) is 36.9 Å². The summed E-state index contributed by atoms with van der Waals surface area (Å²) in [5, 5.41) is 18.6. The number of aliphatic hydroxyl groups excluding tert-OH is 1. The molecule has 6 atom stereocenters. The van der Waals surface area contributed by atoms with Gasteiger partial charge in [0.05, 0.1) is 36.3 Å². The zero-order valence-electron chi connectivity index (χ0n) is 22.1. The van der Waals surface area contributed by atoms with E-state index in [1.807, 2.05) is 38.1 Å². The Morgan fingerprint density at radius 2 is 2.11 bits per heavy atom. The molecule has 38 heavy (non-hydrogen) atoms. The van der Waals surface area contributed by atoms with Gasteiger partial charge in [-0.2, -0.15) is 0 Å². The first-order valence-corrected chi connectivity index (χ1v) is 13.2. The van der Waals surface area contributed by atoms with E-state index in [9.17, 15) is 19.5 Å². The molecule has 11 nitrogen and oxygen atoms in total. The van der Waals surface area contributed by atoms with Gasteiger partial charge in [0.15, 0.2) is 0 Å². The summed E-state index contributed by atoms with van der Waals surface area (Å²) in [5.41, 5.74) is -0.653. The maximum Gasteiger partial charge on any atom is 0.312 e. The summed E-state index contributed by atoms with van der Waals surface area (Å²) in [6, 6.07) is 5.83. The summed E-state index contributed by atoms with van der Waals surface area (Å²) in [6.45, 7) is 9.37. The number of benzene rings is 1. The van der Waals surface area contributed by atoms with Gasteiger partial charge in [-0.15, -0.1) is 11.7 Å². The highest BCUT2D eigenvalue weighted by Crippen LogP contribution is 2.63. The summed E-state index contributed by atoms with van der Waals surface area (Å²) in [6.07, 6.45) is 3.01. The first-order chi connectivity index (χ1) is 18.3. The van der Waals surface area contributed by atoms with E-state index in [-0.39, 0.29) is 38.2 Å². The topological polar surface area (TPSA) is 127 Å². The van der Waals surface area contributed by atoms with Gasteiger partial charge in [0.25, 0.3) is 0 Å². The molecule has 2 bridgehead atoms. The molecule has 2 unspecified atom stereocenters. The molecule has 0 saturated carbocycles. The molecular formula is C27H35N5O6. The normalized spacial score (nSPS) is 30.5. The molecule has 1 aromatic heterocycles. The van der Waals surface area contributed by atoms with Crippen molar-refractivity contribution in [1.29, 1.82) is 0 Å². The number of aromatic nitrogens is 3. The Morgan fingerprint density at radius 3 is 2.79 bits per heavy atom. The van der Waals surface area contributed by atoms with Crippen LogP contribution in [0.15, 0.2) is 36.9 Å². The van der Waals surface area contributed by atoms with Crippen LogP contribution in [0, 0.1) is 11.8 Å². The summed E-state index contributed by atoms with van der Waals surface area (Å²) in [7, 11) is 0. The van der Waals surface area contributed by atoms with E-state index in [4.69, 9.17) is 9.47 Å². The number of esters is 1. The van der Waals surface area contributed by atoms with Gasteiger partial charge in [0.2, 0.25) is 11.8 Å². The molecule has 3 aliphatic rings. The second-order valence-corrected chi connectivity index (χ2v) is 10.5. The zero-order chi connectivity index (χ0) is 27.2. The van der Waals surface area contributed by atoms with Crippen molar-refractivity contribution in [3.63, 3.8) is 0 Å². The number of ether oxygens (including phenoxy) is 2. The molecule has 4 heterocycles. The van der Waals surface area contributed by atoms with Gasteiger partial charge < -0.3 is 24.4 Å². The van der Waals surface area contributed by atoms with E-state index < -0.39 is 41.1 Å². The van der Waals surface area contributed by atoms with Gasteiger partial charge in [-0.3, -0.25) is 14.4 Å². The largest absolute Gasteiger partial charge is 0.466 e. The average molecular weight is 526 g/mol. The molecule has 2 aromatic rings. The van der Waals surface area contributed by atoms with Crippen molar-refractivity contribution in [1.82, 2.24) is 24.8 Å². The lowest BCUT2D eigenvalue weighted by atomic mass is 9.66. The molecule has 1 spiro atoms. The summed E-state index contributed by atoms with van der Waals surface area (Å²) < 4.78 is 13.6.